The number of nitro benzene ring substituents is 1. The monoisotopic (exact) mass is 388 g/mol. The molecular weight excluding hydrogens is 372 g/mol. The smallest absolute Gasteiger partial charge is 0.271 e. The number of nitrogens with one attached hydrogen (secondary N) is 1. The van der Waals surface area contributed by atoms with Gasteiger partial charge < -0.3 is 10.1 Å². The molecule has 0 aliphatic carbocycles. The van der Waals surface area contributed by atoms with Crippen molar-refractivity contribution in [2.45, 2.75) is 4.90 Å². The highest BCUT2D eigenvalue weighted by atomic mass is 32.2. The van der Waals surface area contributed by atoms with Gasteiger partial charge in [0.05, 0.1) is 16.6 Å². The predicted molar refractivity (Wildman–Crippen MR) is 96.0 cm³/mol. The molecule has 0 saturated carbocycles. The van der Waals surface area contributed by atoms with Crippen LogP contribution < -0.4 is 10.1 Å². The zero-order valence-electron chi connectivity index (χ0n) is 14.2. The van der Waals surface area contributed by atoms with E-state index >= 15 is 0 Å². The Kier molecular flexibility index (Phi) is 5.36. The van der Waals surface area contributed by atoms with Crippen molar-refractivity contribution in [2.75, 3.05) is 26.2 Å². The van der Waals surface area contributed by atoms with Crippen LogP contribution in [0.15, 0.2) is 47.4 Å². The summed E-state index contributed by atoms with van der Waals surface area (Å²) in [6.45, 7) is 1.53. The van der Waals surface area contributed by atoms with Crippen LogP contribution in [0.25, 0.3) is 0 Å². The topological polar surface area (TPSA) is 126 Å². The number of nitrogens with zero attached hydrogens (tertiary/aromatic N) is 3. The Bertz CT molecular complexity index is 993. The molecule has 1 heterocycles. The number of hydrogen-bond donors (Lipinski definition) is 1. The highest BCUT2D eigenvalue weighted by Crippen LogP contribution is 2.34. The number of piperazine rings is 1. The van der Waals surface area contributed by atoms with Gasteiger partial charge in [-0.25, -0.2) is 8.42 Å². The fourth-order valence-corrected chi connectivity index (χ4v) is 4.22. The van der Waals surface area contributed by atoms with E-state index in [-0.39, 0.29) is 29.4 Å². The summed E-state index contributed by atoms with van der Waals surface area (Å²) in [7, 11) is -3.97. The van der Waals surface area contributed by atoms with Crippen LogP contribution in [0.2, 0.25) is 0 Å². The van der Waals surface area contributed by atoms with Crippen molar-refractivity contribution in [1.29, 1.82) is 5.26 Å². The Labute approximate surface area is 156 Å². The van der Waals surface area contributed by atoms with Gasteiger partial charge in [0.1, 0.15) is 16.4 Å². The standard InChI is InChI=1S/C17H16N4O5S/c18-12-13-1-4-15(5-2-13)26-16-6-3-14(21(22)23)11-17(16)27(24,25)20-9-7-19-8-10-20/h1-6,11,19H,7-10H2. The van der Waals surface area contributed by atoms with Gasteiger partial charge in [-0.05, 0) is 30.3 Å². The first-order chi connectivity index (χ1) is 12.9. The van der Waals surface area contributed by atoms with Crippen LogP contribution in [0.1, 0.15) is 5.56 Å². The molecule has 0 bridgehead atoms. The third kappa shape index (κ3) is 4.06. The maximum Gasteiger partial charge on any atom is 0.271 e. The van der Waals surface area contributed by atoms with Crippen LogP contribution in [0.3, 0.4) is 0 Å². The van der Waals surface area contributed by atoms with Crippen molar-refractivity contribution in [3.63, 3.8) is 0 Å². The fraction of sp³-hybridized carbons (Fsp3) is 0.235. The average Bonchev–Trinajstić information content (AvgIpc) is 2.69. The largest absolute Gasteiger partial charge is 0.456 e. The summed E-state index contributed by atoms with van der Waals surface area (Å²) >= 11 is 0. The second kappa shape index (κ2) is 7.71. The van der Waals surface area contributed by atoms with Crippen molar-refractivity contribution in [3.8, 4) is 17.6 Å². The molecular formula is C17H16N4O5S. The third-order valence-electron chi connectivity index (χ3n) is 4.04. The molecule has 10 heteroatoms. The molecule has 1 N–H and O–H groups in total. The van der Waals surface area contributed by atoms with Crippen molar-refractivity contribution in [3.05, 3.63) is 58.1 Å². The quantitative estimate of drug-likeness (QED) is 0.612. The zero-order valence-corrected chi connectivity index (χ0v) is 15.0. The normalized spacial score (nSPS) is 15.1. The summed E-state index contributed by atoms with van der Waals surface area (Å²) < 4.78 is 33.0. The van der Waals surface area contributed by atoms with E-state index in [9.17, 15) is 18.5 Å². The number of benzene rings is 2. The lowest BCUT2D eigenvalue weighted by Gasteiger charge is -2.27. The average molecular weight is 388 g/mol. The summed E-state index contributed by atoms with van der Waals surface area (Å²) in [4.78, 5) is 10.2. The van der Waals surface area contributed by atoms with Gasteiger partial charge in [0, 0.05) is 38.3 Å². The predicted octanol–water partition coefficient (Wildman–Crippen LogP) is 1.85. The van der Waals surface area contributed by atoms with Crippen molar-refractivity contribution in [1.82, 2.24) is 9.62 Å². The molecule has 27 heavy (non-hydrogen) atoms. The van der Waals surface area contributed by atoms with E-state index in [4.69, 9.17) is 10.00 Å². The Hall–Kier alpha value is -3.00. The summed E-state index contributed by atoms with van der Waals surface area (Å²) in [6, 6.07) is 11.6. The second-order valence-corrected chi connectivity index (χ2v) is 7.69. The van der Waals surface area contributed by atoms with Gasteiger partial charge in [0.15, 0.2) is 0 Å². The second-order valence-electron chi connectivity index (χ2n) is 5.78. The molecule has 0 radical (unpaired) electrons. The van der Waals surface area contributed by atoms with Crippen LogP contribution in [-0.4, -0.2) is 43.8 Å². The fourth-order valence-electron chi connectivity index (χ4n) is 2.64. The van der Waals surface area contributed by atoms with Gasteiger partial charge in [-0.15, -0.1) is 0 Å². The van der Waals surface area contributed by atoms with Crippen LogP contribution in [0, 0.1) is 21.4 Å². The van der Waals surface area contributed by atoms with E-state index in [1.807, 2.05) is 6.07 Å². The molecule has 0 unspecified atom stereocenters. The maximum absolute atomic E-state index is 13.0. The maximum atomic E-state index is 13.0. The van der Waals surface area contributed by atoms with Gasteiger partial charge in [-0.1, -0.05) is 0 Å². The first kappa shape index (κ1) is 18.8. The number of sulfonamides is 1. The lowest BCUT2D eigenvalue weighted by atomic mass is 10.2. The zero-order chi connectivity index (χ0) is 19.4. The Morgan fingerprint density at radius 3 is 2.41 bits per heavy atom. The van der Waals surface area contributed by atoms with E-state index in [2.05, 4.69) is 5.32 Å². The lowest BCUT2D eigenvalue weighted by molar-refractivity contribution is -0.385. The molecule has 3 rings (SSSR count). The Balaban J connectivity index is 2.02. The van der Waals surface area contributed by atoms with Gasteiger partial charge in [-0.3, -0.25) is 10.1 Å². The molecule has 1 saturated heterocycles. The van der Waals surface area contributed by atoms with Crippen LogP contribution in [0.4, 0.5) is 5.69 Å². The van der Waals surface area contributed by atoms with E-state index in [1.54, 1.807) is 0 Å². The number of rotatable bonds is 5. The molecule has 0 amide bonds. The highest BCUT2D eigenvalue weighted by Gasteiger charge is 2.31. The van der Waals surface area contributed by atoms with Crippen LogP contribution >= 0.6 is 0 Å². The van der Waals surface area contributed by atoms with E-state index in [0.29, 0.717) is 24.4 Å². The molecule has 1 fully saturated rings. The summed E-state index contributed by atoms with van der Waals surface area (Å²) in [5.74, 6) is 0.309. The molecule has 2 aromatic rings. The van der Waals surface area contributed by atoms with E-state index < -0.39 is 14.9 Å². The molecule has 9 nitrogen and oxygen atoms in total. The van der Waals surface area contributed by atoms with Gasteiger partial charge in [0.2, 0.25) is 10.0 Å². The van der Waals surface area contributed by atoms with E-state index in [1.165, 1.54) is 40.7 Å². The highest BCUT2D eigenvalue weighted by molar-refractivity contribution is 7.89. The third-order valence-corrected chi connectivity index (χ3v) is 5.96. The first-order valence-electron chi connectivity index (χ1n) is 8.09. The molecule has 1 aliphatic heterocycles. The summed E-state index contributed by atoms with van der Waals surface area (Å²) in [5.41, 5.74) is 0.0931. The Morgan fingerprint density at radius 1 is 1.15 bits per heavy atom. The van der Waals surface area contributed by atoms with Crippen molar-refractivity contribution < 1.29 is 18.1 Å². The SMILES string of the molecule is N#Cc1ccc(Oc2ccc([N+](=O)[O-])cc2S(=O)(=O)N2CCNCC2)cc1. The molecule has 0 spiro atoms. The number of nitro groups is 1. The Morgan fingerprint density at radius 2 is 1.81 bits per heavy atom. The molecule has 2 aromatic carbocycles. The summed E-state index contributed by atoms with van der Waals surface area (Å²) in [5, 5.41) is 23.0. The number of ether oxygens (including phenoxy) is 1. The number of hydrogen-bond acceptors (Lipinski definition) is 7. The number of non-ortho nitro benzene ring substituents is 1. The molecule has 1 aliphatic rings. The van der Waals surface area contributed by atoms with E-state index in [0.717, 1.165) is 6.07 Å². The minimum Gasteiger partial charge on any atom is -0.456 e. The number of nitriles is 1. The minimum atomic E-state index is -3.97. The van der Waals surface area contributed by atoms with Crippen LogP contribution in [-0.2, 0) is 10.0 Å². The van der Waals surface area contributed by atoms with Crippen molar-refractivity contribution >= 4 is 15.7 Å². The van der Waals surface area contributed by atoms with Gasteiger partial charge in [-0.2, -0.15) is 9.57 Å². The van der Waals surface area contributed by atoms with Gasteiger partial charge in [0.25, 0.3) is 5.69 Å². The molecule has 0 atom stereocenters. The van der Waals surface area contributed by atoms with Gasteiger partial charge >= 0.3 is 0 Å². The van der Waals surface area contributed by atoms with Crippen LogP contribution in [0.5, 0.6) is 11.5 Å². The molecule has 0 aromatic heterocycles. The lowest BCUT2D eigenvalue weighted by Crippen LogP contribution is -2.46. The minimum absolute atomic E-state index is 0.0103. The van der Waals surface area contributed by atoms with Crippen molar-refractivity contribution in [2.24, 2.45) is 0 Å². The summed E-state index contributed by atoms with van der Waals surface area (Å²) in [6.07, 6.45) is 0. The molecule has 140 valence electrons. The first-order valence-corrected chi connectivity index (χ1v) is 9.53.